The lowest BCUT2D eigenvalue weighted by molar-refractivity contribution is -0.0307. The molecule has 5 N–H and O–H groups in total. The number of benzene rings is 2. The van der Waals surface area contributed by atoms with Crippen molar-refractivity contribution in [3.8, 4) is 17.2 Å². The van der Waals surface area contributed by atoms with Crippen molar-refractivity contribution < 1.29 is 34.8 Å². The van der Waals surface area contributed by atoms with E-state index in [1.807, 2.05) is 19.0 Å². The van der Waals surface area contributed by atoms with E-state index in [9.17, 15) is 30.0 Å². The minimum atomic E-state index is -1.68. The average molecular weight is 526 g/mol. The predicted molar refractivity (Wildman–Crippen MR) is 136 cm³/mol. The molecule has 0 aliphatic heterocycles. The van der Waals surface area contributed by atoms with Crippen LogP contribution in [0.25, 0.3) is 0 Å². The molecule has 37 heavy (non-hydrogen) atoms. The van der Waals surface area contributed by atoms with Crippen molar-refractivity contribution in [2.75, 3.05) is 39.6 Å². The van der Waals surface area contributed by atoms with E-state index >= 15 is 0 Å². The quantitative estimate of drug-likeness (QED) is 0.237. The molecule has 1 aromatic heterocycles. The van der Waals surface area contributed by atoms with Gasteiger partial charge in [0, 0.05) is 48.0 Å². The molecule has 0 bridgehead atoms. The van der Waals surface area contributed by atoms with E-state index in [0.29, 0.717) is 17.4 Å². The van der Waals surface area contributed by atoms with Crippen molar-refractivity contribution in [1.82, 2.24) is 9.88 Å². The Hall–Kier alpha value is -3.51. The number of methoxy groups -OCH3 is 1. The number of phenols is 2. The van der Waals surface area contributed by atoms with Crippen LogP contribution >= 0.6 is 11.3 Å². The van der Waals surface area contributed by atoms with Gasteiger partial charge in [-0.3, -0.25) is 9.59 Å². The lowest BCUT2D eigenvalue weighted by atomic mass is 9.72. The number of hydrogen-bond acceptors (Lipinski definition) is 11. The molecule has 0 fully saturated rings. The van der Waals surface area contributed by atoms with E-state index in [1.54, 1.807) is 11.4 Å². The number of carbonyl (C=O) groups excluding carboxylic acids is 2. The van der Waals surface area contributed by atoms with Gasteiger partial charge in [0.1, 0.15) is 22.8 Å². The summed E-state index contributed by atoms with van der Waals surface area (Å²) in [7, 11) is 5.26. The van der Waals surface area contributed by atoms with Crippen LogP contribution in [0.15, 0.2) is 23.6 Å². The van der Waals surface area contributed by atoms with Gasteiger partial charge >= 0.3 is 0 Å². The molecule has 0 spiro atoms. The van der Waals surface area contributed by atoms with Gasteiger partial charge < -0.3 is 35.4 Å². The summed E-state index contributed by atoms with van der Waals surface area (Å²) in [6.45, 7) is 1.43. The van der Waals surface area contributed by atoms with Gasteiger partial charge in [-0.15, -0.1) is 11.3 Å². The summed E-state index contributed by atoms with van der Waals surface area (Å²) in [6.07, 6.45) is -1.88. The maximum absolute atomic E-state index is 13.4. The van der Waals surface area contributed by atoms with Gasteiger partial charge in [-0.2, -0.15) is 0 Å². The topological polar surface area (TPSA) is 152 Å². The Labute approximate surface area is 216 Å². The van der Waals surface area contributed by atoms with Crippen LogP contribution in [-0.2, 0) is 12.0 Å². The Kier molecular flexibility index (Phi) is 6.19. The van der Waals surface area contributed by atoms with Crippen molar-refractivity contribution in [3.05, 3.63) is 62.7 Å². The zero-order valence-electron chi connectivity index (χ0n) is 20.5. The summed E-state index contributed by atoms with van der Waals surface area (Å²) < 4.78 is 5.25. The van der Waals surface area contributed by atoms with E-state index in [-0.39, 0.29) is 52.0 Å². The molecule has 194 valence electrons. The number of aliphatic hydroxyl groups is 2. The minimum absolute atomic E-state index is 0.000105. The smallest absolute Gasteiger partial charge is 0.202 e. The van der Waals surface area contributed by atoms with Crippen LogP contribution in [0.5, 0.6) is 17.2 Å². The lowest BCUT2D eigenvalue weighted by Crippen LogP contribution is -2.36. The second kappa shape index (κ2) is 9.10. The fraction of sp³-hybridized carbons (Fsp3) is 0.346. The van der Waals surface area contributed by atoms with Gasteiger partial charge in [-0.05, 0) is 20.2 Å². The summed E-state index contributed by atoms with van der Waals surface area (Å²) in [5.41, 5.74) is -2.19. The molecular weight excluding hydrogens is 498 g/mol. The van der Waals surface area contributed by atoms with Crippen LogP contribution in [0.3, 0.4) is 0 Å². The van der Waals surface area contributed by atoms with Crippen molar-refractivity contribution in [2.24, 2.45) is 0 Å². The number of ketones is 2. The third kappa shape index (κ3) is 3.95. The number of fused-ring (bicyclic) bond motifs is 3. The molecule has 2 aromatic carbocycles. The highest BCUT2D eigenvalue weighted by molar-refractivity contribution is 7.13. The first-order valence-corrected chi connectivity index (χ1v) is 12.6. The monoisotopic (exact) mass is 525 g/mol. The van der Waals surface area contributed by atoms with Gasteiger partial charge in [-0.25, -0.2) is 4.98 Å². The van der Waals surface area contributed by atoms with E-state index in [0.717, 1.165) is 6.54 Å². The van der Waals surface area contributed by atoms with Crippen molar-refractivity contribution in [2.45, 2.75) is 24.5 Å². The number of aromatic nitrogens is 1. The van der Waals surface area contributed by atoms with Crippen molar-refractivity contribution >= 4 is 28.0 Å². The Morgan fingerprint density at radius 3 is 2.59 bits per heavy atom. The van der Waals surface area contributed by atoms with Crippen LogP contribution in [-0.4, -0.2) is 76.2 Å². The zero-order valence-corrected chi connectivity index (χ0v) is 21.3. The van der Waals surface area contributed by atoms with Gasteiger partial charge in [-0.1, -0.05) is 12.1 Å². The molecule has 1 heterocycles. The number of anilines is 1. The van der Waals surface area contributed by atoms with E-state index in [4.69, 9.17) is 4.74 Å². The number of aromatic hydroxyl groups is 2. The maximum Gasteiger partial charge on any atom is 0.202 e. The highest BCUT2D eigenvalue weighted by atomic mass is 32.1. The third-order valence-electron chi connectivity index (χ3n) is 6.91. The largest absolute Gasteiger partial charge is 0.507 e. The van der Waals surface area contributed by atoms with E-state index in [1.165, 1.54) is 30.6 Å². The van der Waals surface area contributed by atoms with Gasteiger partial charge in [0.25, 0.3) is 0 Å². The molecule has 2 aliphatic carbocycles. The van der Waals surface area contributed by atoms with Crippen LogP contribution in [0.4, 0.5) is 5.13 Å². The Morgan fingerprint density at radius 1 is 1.16 bits per heavy atom. The molecule has 0 saturated carbocycles. The highest BCUT2D eigenvalue weighted by Crippen LogP contribution is 2.52. The summed E-state index contributed by atoms with van der Waals surface area (Å²) in [4.78, 5) is 33.3. The van der Waals surface area contributed by atoms with E-state index < -0.39 is 34.8 Å². The predicted octanol–water partition coefficient (Wildman–Crippen LogP) is 2.18. The molecule has 0 amide bonds. The molecule has 2 aliphatic rings. The summed E-state index contributed by atoms with van der Waals surface area (Å²) in [6, 6.07) is 4.52. The van der Waals surface area contributed by atoms with Crippen LogP contribution in [0.2, 0.25) is 0 Å². The third-order valence-corrected chi connectivity index (χ3v) is 7.71. The number of nitrogens with one attached hydrogen (secondary N) is 1. The molecule has 0 saturated heterocycles. The summed E-state index contributed by atoms with van der Waals surface area (Å²) in [5.74, 6) is -2.34. The number of likely N-dealkylation sites (N-methyl/N-ethyl adjacent to an activating group) is 1. The Balaban J connectivity index is 1.57. The Morgan fingerprint density at radius 2 is 1.89 bits per heavy atom. The first kappa shape index (κ1) is 25.2. The first-order valence-electron chi connectivity index (χ1n) is 11.7. The second-order valence-corrected chi connectivity index (χ2v) is 10.4. The normalized spacial score (nSPS) is 20.4. The maximum atomic E-state index is 13.4. The highest BCUT2D eigenvalue weighted by Gasteiger charge is 2.47. The van der Waals surface area contributed by atoms with Gasteiger partial charge in [0.2, 0.25) is 5.78 Å². The van der Waals surface area contributed by atoms with Gasteiger partial charge in [0.15, 0.2) is 10.9 Å². The van der Waals surface area contributed by atoms with Crippen LogP contribution < -0.4 is 10.1 Å². The van der Waals surface area contributed by atoms with Crippen molar-refractivity contribution in [1.29, 1.82) is 0 Å². The average Bonchev–Trinajstić information content (AvgIpc) is 3.33. The van der Waals surface area contributed by atoms with Gasteiger partial charge in [0.05, 0.1) is 35.6 Å². The second-order valence-electron chi connectivity index (χ2n) is 9.58. The van der Waals surface area contributed by atoms with E-state index in [2.05, 4.69) is 10.3 Å². The fourth-order valence-corrected chi connectivity index (χ4v) is 5.93. The SMILES string of the molecule is COc1cccc2c1C(=O)c1c(O)c3c(c(O)c1C2=O)C[C@@](O)(c1csc(NCCN(C)C)n1)C[C@@H]3O. The number of thiazole rings is 1. The fourth-order valence-electron chi connectivity index (χ4n) is 5.09. The number of hydrogen-bond donors (Lipinski definition) is 5. The van der Waals surface area contributed by atoms with Crippen molar-refractivity contribution in [3.63, 3.8) is 0 Å². The molecule has 0 unspecified atom stereocenters. The van der Waals surface area contributed by atoms with Crippen LogP contribution in [0.1, 0.15) is 61.2 Å². The first-order chi connectivity index (χ1) is 17.6. The number of carbonyl (C=O) groups is 2. The van der Waals surface area contributed by atoms with Crippen LogP contribution in [0, 0.1) is 0 Å². The minimum Gasteiger partial charge on any atom is -0.507 e. The number of nitrogens with zero attached hydrogens (tertiary/aromatic N) is 2. The summed E-state index contributed by atoms with van der Waals surface area (Å²) in [5, 5.41) is 50.4. The number of ether oxygens (including phenoxy) is 1. The molecule has 0 radical (unpaired) electrons. The molecule has 11 heteroatoms. The Bertz CT molecular complexity index is 1430. The molecule has 10 nitrogen and oxygen atoms in total. The summed E-state index contributed by atoms with van der Waals surface area (Å²) >= 11 is 1.30. The standard InChI is InChI=1S/C26H27N3O7S/c1-29(2)8-7-27-25-28-16(11-37-25)26(35)9-13-17(14(30)10-26)23(33)20-19(22(13)32)21(31)12-5-4-6-15(36-3)18(12)24(20)34/h4-6,11,14,30,32-33,35H,7-10H2,1-3H3,(H,27,28)/t14-,26-/m0/s1. The number of phenolic OH excluding ortho intramolecular Hbond substituents is 2. The lowest BCUT2D eigenvalue weighted by Gasteiger charge is -2.37. The molecule has 3 aromatic rings. The zero-order chi connectivity index (χ0) is 26.6. The number of aliphatic hydroxyl groups excluding tert-OH is 1. The molecule has 2 atom stereocenters. The molecule has 5 rings (SSSR count). The number of rotatable bonds is 6. The molecular formula is C26H27N3O7S.